The first-order valence-corrected chi connectivity index (χ1v) is 12.2. The molecule has 0 bridgehead atoms. The Morgan fingerprint density at radius 1 is 1.14 bits per heavy atom. The monoisotopic (exact) mass is 449 g/mol. The van der Waals surface area contributed by atoms with Gasteiger partial charge in [0.2, 0.25) is 0 Å². The Morgan fingerprint density at radius 2 is 1.72 bits per heavy atom. The van der Waals surface area contributed by atoms with Crippen molar-refractivity contribution in [2.24, 2.45) is 0 Å². The molecular formula is C18H27NO8S2. The van der Waals surface area contributed by atoms with Crippen LogP contribution in [0.3, 0.4) is 0 Å². The third kappa shape index (κ3) is 7.25. The molecule has 0 N–H and O–H groups in total. The smallest absolute Gasteiger partial charge is 0.410 e. The van der Waals surface area contributed by atoms with E-state index < -0.39 is 44.1 Å². The minimum atomic E-state index is -4.04. The van der Waals surface area contributed by atoms with Crippen molar-refractivity contribution in [3.05, 3.63) is 29.8 Å². The lowest BCUT2D eigenvalue weighted by atomic mass is 10.2. The first-order chi connectivity index (χ1) is 13.2. The second kappa shape index (κ2) is 8.58. The average Bonchev–Trinajstić information content (AvgIpc) is 2.93. The third-order valence-electron chi connectivity index (χ3n) is 4.04. The molecule has 1 fully saturated rings. The Morgan fingerprint density at radius 3 is 2.24 bits per heavy atom. The SMILES string of the molecule is Cc1ccc(S(=O)(=O)OC[C@@H]2C[C@@H](OS(C)(=O)=O)CN2C(=O)OC(C)(C)C)cc1. The van der Waals surface area contributed by atoms with Crippen molar-refractivity contribution in [2.75, 3.05) is 19.4 Å². The molecule has 0 radical (unpaired) electrons. The van der Waals surface area contributed by atoms with Crippen molar-refractivity contribution in [2.45, 2.75) is 56.8 Å². The van der Waals surface area contributed by atoms with Gasteiger partial charge in [0.05, 0.1) is 36.4 Å². The molecule has 29 heavy (non-hydrogen) atoms. The number of hydrogen-bond donors (Lipinski definition) is 0. The molecule has 11 heteroatoms. The summed E-state index contributed by atoms with van der Waals surface area (Å²) in [6.07, 6.45) is -0.502. The van der Waals surface area contributed by atoms with Crippen molar-refractivity contribution in [3.8, 4) is 0 Å². The number of carbonyl (C=O) groups excluding carboxylic acids is 1. The molecule has 164 valence electrons. The molecule has 0 saturated carbocycles. The normalized spacial score (nSPS) is 20.7. The van der Waals surface area contributed by atoms with Gasteiger partial charge in [-0.25, -0.2) is 4.79 Å². The van der Waals surface area contributed by atoms with Gasteiger partial charge in [-0.3, -0.25) is 8.37 Å². The van der Waals surface area contributed by atoms with Crippen molar-refractivity contribution in [1.29, 1.82) is 0 Å². The summed E-state index contributed by atoms with van der Waals surface area (Å²) in [5.74, 6) is 0. The molecular weight excluding hydrogens is 422 g/mol. The van der Waals surface area contributed by atoms with Gasteiger partial charge in [0.1, 0.15) is 5.60 Å². The van der Waals surface area contributed by atoms with E-state index in [2.05, 4.69) is 0 Å². The number of ether oxygens (including phenoxy) is 1. The summed E-state index contributed by atoms with van der Waals surface area (Å²) in [5, 5.41) is 0. The van der Waals surface area contributed by atoms with Crippen LogP contribution in [0.2, 0.25) is 0 Å². The van der Waals surface area contributed by atoms with Gasteiger partial charge < -0.3 is 9.64 Å². The Hall–Kier alpha value is -1.69. The highest BCUT2D eigenvalue weighted by atomic mass is 32.2. The summed E-state index contributed by atoms with van der Waals surface area (Å²) in [7, 11) is -7.78. The number of rotatable bonds is 6. The Balaban J connectivity index is 2.15. The van der Waals surface area contributed by atoms with E-state index in [4.69, 9.17) is 13.1 Å². The van der Waals surface area contributed by atoms with Gasteiger partial charge in [-0.1, -0.05) is 17.7 Å². The lowest BCUT2D eigenvalue weighted by Crippen LogP contribution is -2.42. The average molecular weight is 450 g/mol. The molecule has 1 aromatic carbocycles. The quantitative estimate of drug-likeness (QED) is 0.606. The molecule has 1 aliphatic heterocycles. The van der Waals surface area contributed by atoms with E-state index in [9.17, 15) is 21.6 Å². The van der Waals surface area contributed by atoms with Crippen LogP contribution in [0.1, 0.15) is 32.8 Å². The van der Waals surface area contributed by atoms with Gasteiger partial charge in [-0.15, -0.1) is 0 Å². The molecule has 1 amide bonds. The zero-order valence-corrected chi connectivity index (χ0v) is 18.7. The third-order valence-corrected chi connectivity index (χ3v) is 5.96. The summed E-state index contributed by atoms with van der Waals surface area (Å²) < 4.78 is 63.2. The van der Waals surface area contributed by atoms with Crippen LogP contribution in [0.5, 0.6) is 0 Å². The van der Waals surface area contributed by atoms with Crippen LogP contribution in [-0.2, 0) is 33.3 Å². The van der Waals surface area contributed by atoms with E-state index in [1.807, 2.05) is 6.92 Å². The van der Waals surface area contributed by atoms with Gasteiger partial charge in [0, 0.05) is 0 Å². The van der Waals surface area contributed by atoms with Crippen LogP contribution in [0.25, 0.3) is 0 Å². The highest BCUT2D eigenvalue weighted by Crippen LogP contribution is 2.26. The summed E-state index contributed by atoms with van der Waals surface area (Å²) in [5.41, 5.74) is 0.128. The topological polar surface area (TPSA) is 116 Å². The van der Waals surface area contributed by atoms with E-state index in [0.717, 1.165) is 11.8 Å². The minimum Gasteiger partial charge on any atom is -0.444 e. The van der Waals surface area contributed by atoms with E-state index in [1.165, 1.54) is 17.0 Å². The zero-order chi connectivity index (χ0) is 22.0. The molecule has 1 heterocycles. The fraction of sp³-hybridized carbons (Fsp3) is 0.611. The van der Waals surface area contributed by atoms with Crippen LogP contribution in [0, 0.1) is 6.92 Å². The Bertz CT molecular complexity index is 933. The Kier molecular flexibility index (Phi) is 6.98. The van der Waals surface area contributed by atoms with Crippen LogP contribution in [-0.4, -0.2) is 65.0 Å². The summed E-state index contributed by atoms with van der Waals surface area (Å²) in [6.45, 7) is 6.51. The fourth-order valence-corrected chi connectivity index (χ4v) is 4.41. The van der Waals surface area contributed by atoms with E-state index >= 15 is 0 Å². The van der Waals surface area contributed by atoms with Crippen molar-refractivity contribution in [1.82, 2.24) is 4.90 Å². The predicted molar refractivity (Wildman–Crippen MR) is 105 cm³/mol. The number of benzene rings is 1. The second-order valence-corrected chi connectivity index (χ2v) is 11.2. The first-order valence-electron chi connectivity index (χ1n) is 9.00. The molecule has 2 atom stereocenters. The minimum absolute atomic E-state index is 0.00569. The first kappa shape index (κ1) is 23.6. The maximum atomic E-state index is 12.5. The number of hydrogen-bond acceptors (Lipinski definition) is 8. The zero-order valence-electron chi connectivity index (χ0n) is 17.1. The molecule has 1 saturated heterocycles. The van der Waals surface area contributed by atoms with Crippen molar-refractivity contribution < 1.29 is 34.7 Å². The second-order valence-electron chi connectivity index (χ2n) is 8.00. The molecule has 2 rings (SSSR count). The van der Waals surface area contributed by atoms with E-state index in [1.54, 1.807) is 32.9 Å². The lowest BCUT2D eigenvalue weighted by molar-refractivity contribution is 0.0178. The number of aryl methyl sites for hydroxylation is 1. The summed E-state index contributed by atoms with van der Waals surface area (Å²) in [6, 6.07) is 5.43. The molecule has 1 aliphatic rings. The van der Waals surface area contributed by atoms with Gasteiger partial charge >= 0.3 is 6.09 Å². The molecule has 9 nitrogen and oxygen atoms in total. The molecule has 0 unspecified atom stereocenters. The van der Waals surface area contributed by atoms with Crippen molar-refractivity contribution >= 4 is 26.3 Å². The standard InChI is InChI=1S/C18H27NO8S2/c1-13-6-8-16(9-7-13)29(23,24)25-12-14-10-15(27-28(5,21)22)11-19(14)17(20)26-18(2,3)4/h6-9,14-15H,10-12H2,1-5H3/t14-,15+/m0/s1. The predicted octanol–water partition coefficient (Wildman–Crippen LogP) is 2.05. The molecule has 0 aromatic heterocycles. The number of likely N-dealkylation sites (tertiary alicyclic amines) is 1. The number of carbonyl (C=O) groups is 1. The van der Waals surface area contributed by atoms with Gasteiger partial charge in [0.15, 0.2) is 0 Å². The summed E-state index contributed by atoms with van der Waals surface area (Å²) >= 11 is 0. The molecule has 1 aromatic rings. The largest absolute Gasteiger partial charge is 0.444 e. The lowest BCUT2D eigenvalue weighted by Gasteiger charge is -2.28. The highest BCUT2D eigenvalue weighted by molar-refractivity contribution is 7.86. The summed E-state index contributed by atoms with van der Waals surface area (Å²) in [4.78, 5) is 13.7. The van der Waals surface area contributed by atoms with Crippen LogP contribution in [0.15, 0.2) is 29.2 Å². The van der Waals surface area contributed by atoms with Crippen LogP contribution < -0.4 is 0 Å². The maximum Gasteiger partial charge on any atom is 0.410 e. The van der Waals surface area contributed by atoms with Gasteiger partial charge in [-0.05, 0) is 46.2 Å². The van der Waals surface area contributed by atoms with Gasteiger partial charge in [-0.2, -0.15) is 16.8 Å². The van der Waals surface area contributed by atoms with Gasteiger partial charge in [0.25, 0.3) is 20.2 Å². The Labute approximate surface area is 172 Å². The highest BCUT2D eigenvalue weighted by Gasteiger charge is 2.40. The number of amides is 1. The van der Waals surface area contributed by atoms with Crippen LogP contribution >= 0.6 is 0 Å². The van der Waals surface area contributed by atoms with E-state index in [0.29, 0.717) is 0 Å². The molecule has 0 spiro atoms. The maximum absolute atomic E-state index is 12.5. The van der Waals surface area contributed by atoms with Crippen molar-refractivity contribution in [3.63, 3.8) is 0 Å². The fourth-order valence-electron chi connectivity index (χ4n) is 2.83. The molecule has 0 aliphatic carbocycles. The van der Waals surface area contributed by atoms with Crippen LogP contribution in [0.4, 0.5) is 4.79 Å². The van der Waals surface area contributed by atoms with E-state index in [-0.39, 0.29) is 24.5 Å². The number of nitrogens with zero attached hydrogens (tertiary/aromatic N) is 1.